The monoisotopic (exact) mass is 308 g/mol. The van der Waals surface area contributed by atoms with Crippen molar-refractivity contribution in [2.45, 2.75) is 39.2 Å². The molecule has 1 atom stereocenters. The van der Waals surface area contributed by atoms with Crippen molar-refractivity contribution >= 4 is 5.91 Å². The summed E-state index contributed by atoms with van der Waals surface area (Å²) in [5, 5.41) is 12.2. The van der Waals surface area contributed by atoms with Gasteiger partial charge in [0, 0.05) is 25.6 Å². The van der Waals surface area contributed by atoms with Crippen LogP contribution in [0.2, 0.25) is 0 Å². The lowest BCUT2D eigenvalue weighted by Gasteiger charge is -2.32. The van der Waals surface area contributed by atoms with Crippen molar-refractivity contribution < 1.29 is 14.3 Å². The molecule has 1 amide bonds. The summed E-state index contributed by atoms with van der Waals surface area (Å²) in [5.41, 5.74) is -0.415. The highest BCUT2D eigenvalue weighted by Gasteiger charge is 2.21. The summed E-state index contributed by atoms with van der Waals surface area (Å²) in [6, 6.07) is 1.34. The second-order valence-corrected chi connectivity index (χ2v) is 5.89. The highest BCUT2D eigenvalue weighted by molar-refractivity contribution is 5.75. The average molecular weight is 308 g/mol. The fourth-order valence-corrected chi connectivity index (χ4v) is 2.78. The van der Waals surface area contributed by atoms with E-state index in [1.165, 1.54) is 6.07 Å². The van der Waals surface area contributed by atoms with Crippen molar-refractivity contribution in [3.63, 3.8) is 0 Å². The quantitative estimate of drug-likeness (QED) is 0.831. The topological polar surface area (TPSA) is 82.8 Å². The zero-order valence-electron chi connectivity index (χ0n) is 13.0. The van der Waals surface area contributed by atoms with Crippen LogP contribution in [0.4, 0.5) is 0 Å². The summed E-state index contributed by atoms with van der Waals surface area (Å²) < 4.78 is 5.25. The van der Waals surface area contributed by atoms with Gasteiger partial charge in [-0.15, -0.1) is 0 Å². The number of likely N-dealkylation sites (tertiary alicyclic amines) is 1. The van der Waals surface area contributed by atoms with Crippen molar-refractivity contribution in [3.05, 3.63) is 28.3 Å². The Morgan fingerprint density at radius 1 is 1.55 bits per heavy atom. The molecule has 1 unspecified atom stereocenters. The van der Waals surface area contributed by atoms with Gasteiger partial charge in [-0.05, 0) is 31.7 Å². The Hall–Kier alpha value is -1.82. The lowest BCUT2D eigenvalue weighted by Crippen LogP contribution is -2.40. The third kappa shape index (κ3) is 4.87. The first-order chi connectivity index (χ1) is 10.6. The number of piperidine rings is 1. The number of carbonyl (C=O) groups excluding carboxylic acids is 1. The van der Waals surface area contributed by atoms with E-state index in [2.05, 4.69) is 10.2 Å². The molecule has 1 aromatic rings. The molecule has 22 heavy (non-hydrogen) atoms. The van der Waals surface area contributed by atoms with Gasteiger partial charge in [-0.1, -0.05) is 6.92 Å². The Balaban J connectivity index is 1.83. The normalized spacial score (nSPS) is 19.0. The van der Waals surface area contributed by atoms with Crippen LogP contribution in [0.25, 0.3) is 0 Å². The molecule has 0 aliphatic carbocycles. The van der Waals surface area contributed by atoms with E-state index in [4.69, 9.17) is 4.42 Å². The molecular weight excluding hydrogens is 284 g/mol. The highest BCUT2D eigenvalue weighted by Crippen LogP contribution is 2.18. The molecule has 1 fully saturated rings. The molecule has 1 aliphatic rings. The van der Waals surface area contributed by atoms with Crippen molar-refractivity contribution in [3.8, 4) is 5.75 Å². The van der Waals surface area contributed by atoms with E-state index in [-0.39, 0.29) is 11.7 Å². The molecule has 2 rings (SSSR count). The lowest BCUT2D eigenvalue weighted by atomic mass is 9.98. The summed E-state index contributed by atoms with van der Waals surface area (Å²) in [6.07, 6.45) is 4.70. The fraction of sp³-hybridized carbons (Fsp3) is 0.625. The first-order valence-corrected chi connectivity index (χ1v) is 7.88. The number of nitrogens with one attached hydrogen (secondary N) is 1. The number of amides is 1. The summed E-state index contributed by atoms with van der Waals surface area (Å²) in [7, 11) is 0. The third-order valence-corrected chi connectivity index (χ3v) is 3.91. The van der Waals surface area contributed by atoms with Gasteiger partial charge < -0.3 is 14.8 Å². The van der Waals surface area contributed by atoms with Crippen molar-refractivity contribution in [2.75, 3.05) is 19.6 Å². The Morgan fingerprint density at radius 2 is 2.36 bits per heavy atom. The molecule has 6 heteroatoms. The Labute approximate surface area is 130 Å². The van der Waals surface area contributed by atoms with Crippen LogP contribution >= 0.6 is 0 Å². The Kier molecular flexibility index (Phi) is 6.00. The number of aromatic hydroxyl groups is 1. The summed E-state index contributed by atoms with van der Waals surface area (Å²) in [6.45, 7) is 5.07. The molecule has 122 valence electrons. The molecule has 1 saturated heterocycles. The van der Waals surface area contributed by atoms with E-state index >= 15 is 0 Å². The number of rotatable bonds is 6. The predicted octanol–water partition coefficient (Wildman–Crippen LogP) is 1.47. The van der Waals surface area contributed by atoms with Gasteiger partial charge in [-0.2, -0.15) is 0 Å². The molecular formula is C16H24N2O4. The Bertz CT molecular complexity index is 555. The first kappa shape index (κ1) is 16.5. The minimum absolute atomic E-state index is 0.115. The maximum atomic E-state index is 11.5. The van der Waals surface area contributed by atoms with E-state index in [1.807, 2.05) is 6.92 Å². The molecule has 0 bridgehead atoms. The van der Waals surface area contributed by atoms with Crippen molar-refractivity contribution in [2.24, 2.45) is 5.92 Å². The zero-order chi connectivity index (χ0) is 15.9. The number of nitrogens with zero attached hydrogens (tertiary/aromatic N) is 1. The first-order valence-electron chi connectivity index (χ1n) is 7.88. The van der Waals surface area contributed by atoms with Gasteiger partial charge >= 0.3 is 0 Å². The van der Waals surface area contributed by atoms with Crippen LogP contribution in [0.15, 0.2) is 21.5 Å². The van der Waals surface area contributed by atoms with Crippen LogP contribution in [0.5, 0.6) is 5.75 Å². The summed E-state index contributed by atoms with van der Waals surface area (Å²) in [5.74, 6) is 0.736. The number of hydrogen-bond donors (Lipinski definition) is 2. The van der Waals surface area contributed by atoms with Crippen LogP contribution < -0.4 is 10.7 Å². The number of carbonyl (C=O) groups is 1. The van der Waals surface area contributed by atoms with Crippen LogP contribution in [-0.2, 0) is 11.3 Å². The van der Waals surface area contributed by atoms with Gasteiger partial charge in [0.25, 0.3) is 0 Å². The van der Waals surface area contributed by atoms with E-state index in [0.717, 1.165) is 38.6 Å². The van der Waals surface area contributed by atoms with Crippen molar-refractivity contribution in [1.29, 1.82) is 0 Å². The van der Waals surface area contributed by atoms with Gasteiger partial charge in [0.05, 0.1) is 6.54 Å². The highest BCUT2D eigenvalue weighted by atomic mass is 16.4. The fourth-order valence-electron chi connectivity index (χ4n) is 2.78. The van der Waals surface area contributed by atoms with Gasteiger partial charge in [0.1, 0.15) is 12.0 Å². The molecule has 0 spiro atoms. The van der Waals surface area contributed by atoms with Gasteiger partial charge in [-0.25, -0.2) is 0 Å². The van der Waals surface area contributed by atoms with Crippen LogP contribution in [-0.4, -0.2) is 35.5 Å². The second kappa shape index (κ2) is 7.98. The zero-order valence-corrected chi connectivity index (χ0v) is 13.0. The molecule has 0 saturated carbocycles. The third-order valence-electron chi connectivity index (χ3n) is 3.91. The van der Waals surface area contributed by atoms with Gasteiger partial charge in [0.2, 0.25) is 11.3 Å². The predicted molar refractivity (Wildman–Crippen MR) is 82.6 cm³/mol. The van der Waals surface area contributed by atoms with E-state index in [9.17, 15) is 14.7 Å². The lowest BCUT2D eigenvalue weighted by molar-refractivity contribution is -0.121. The van der Waals surface area contributed by atoms with Crippen molar-refractivity contribution in [1.82, 2.24) is 10.2 Å². The van der Waals surface area contributed by atoms with Gasteiger partial charge in [0.15, 0.2) is 5.75 Å². The van der Waals surface area contributed by atoms with Crippen LogP contribution in [0.3, 0.4) is 0 Å². The molecule has 0 radical (unpaired) electrons. The van der Waals surface area contributed by atoms with E-state index < -0.39 is 5.43 Å². The van der Waals surface area contributed by atoms with Crippen LogP contribution in [0.1, 0.15) is 38.4 Å². The largest absolute Gasteiger partial charge is 0.502 e. The SMILES string of the molecule is CCCC(=O)NCC1CCCN(Cc2cc(=O)c(O)co2)C1. The maximum Gasteiger partial charge on any atom is 0.226 e. The van der Waals surface area contributed by atoms with Gasteiger partial charge in [-0.3, -0.25) is 14.5 Å². The second-order valence-electron chi connectivity index (χ2n) is 5.89. The summed E-state index contributed by atoms with van der Waals surface area (Å²) >= 11 is 0. The average Bonchev–Trinajstić information content (AvgIpc) is 2.50. The maximum absolute atomic E-state index is 11.5. The number of hydrogen-bond acceptors (Lipinski definition) is 5. The molecule has 0 aromatic carbocycles. The van der Waals surface area contributed by atoms with E-state index in [1.54, 1.807) is 0 Å². The van der Waals surface area contributed by atoms with E-state index in [0.29, 0.717) is 31.2 Å². The molecule has 2 heterocycles. The molecule has 6 nitrogen and oxygen atoms in total. The minimum atomic E-state index is -0.415. The summed E-state index contributed by atoms with van der Waals surface area (Å²) in [4.78, 5) is 25.2. The standard InChI is InChI=1S/C16H24N2O4/c1-2-4-16(21)17-8-12-5-3-6-18(9-12)10-13-7-14(19)15(20)11-22-13/h7,11-12,20H,2-6,8-10H2,1H3,(H,17,21). The minimum Gasteiger partial charge on any atom is -0.502 e. The smallest absolute Gasteiger partial charge is 0.226 e. The Morgan fingerprint density at radius 3 is 3.09 bits per heavy atom. The molecule has 1 aliphatic heterocycles. The van der Waals surface area contributed by atoms with Crippen LogP contribution in [0, 0.1) is 5.92 Å². The molecule has 1 aromatic heterocycles. The molecule has 2 N–H and O–H groups in total.